The summed E-state index contributed by atoms with van der Waals surface area (Å²) in [5.41, 5.74) is 0.295. The minimum Gasteiger partial charge on any atom is -0.457 e. The largest absolute Gasteiger partial charge is 0.457 e. The molecular weight excluding hydrogens is 257 g/mol. The van der Waals surface area contributed by atoms with Crippen LogP contribution in [0.4, 0.5) is 13.2 Å². The molecule has 0 aliphatic rings. The van der Waals surface area contributed by atoms with Crippen LogP contribution in [0.25, 0.3) is 0 Å². The maximum absolute atomic E-state index is 12.3. The van der Waals surface area contributed by atoms with Crippen molar-refractivity contribution >= 4 is 6.47 Å². The van der Waals surface area contributed by atoms with Gasteiger partial charge >= 0.3 is 12.6 Å². The van der Waals surface area contributed by atoms with E-state index in [1.165, 1.54) is 18.6 Å². The predicted molar refractivity (Wildman–Crippen MR) is 65.3 cm³/mol. The summed E-state index contributed by atoms with van der Waals surface area (Å²) >= 11 is 0. The van der Waals surface area contributed by atoms with Crippen LogP contribution in [-0.4, -0.2) is 13.1 Å². The Kier molecular flexibility index (Phi) is 6.39. The summed E-state index contributed by atoms with van der Waals surface area (Å²) in [6.45, 7) is 1.74. The summed E-state index contributed by atoms with van der Waals surface area (Å²) in [6, 6.07) is 5.27. The number of benzene rings is 1. The Bertz CT molecular complexity index is 371. The molecule has 19 heavy (non-hydrogen) atoms. The number of halogens is 3. The van der Waals surface area contributed by atoms with Crippen LogP contribution in [0.2, 0.25) is 0 Å². The Morgan fingerprint density at radius 2 is 1.63 bits per heavy atom. The maximum atomic E-state index is 12.3. The third-order valence-electron chi connectivity index (χ3n) is 2.80. The molecule has 0 saturated carbocycles. The van der Waals surface area contributed by atoms with Crippen molar-refractivity contribution in [1.82, 2.24) is 0 Å². The van der Waals surface area contributed by atoms with Crippen LogP contribution in [0, 0.1) is 0 Å². The van der Waals surface area contributed by atoms with Gasteiger partial charge in [0.25, 0.3) is 0 Å². The van der Waals surface area contributed by atoms with Crippen LogP contribution >= 0.6 is 0 Å². The summed E-state index contributed by atoms with van der Waals surface area (Å²) in [7, 11) is 0. The molecule has 0 amide bonds. The molecule has 0 fully saturated rings. The second-order valence-corrected chi connectivity index (χ2v) is 4.29. The van der Waals surface area contributed by atoms with E-state index >= 15 is 0 Å². The van der Waals surface area contributed by atoms with Crippen LogP contribution < -0.4 is 0 Å². The highest BCUT2D eigenvalue weighted by Gasteiger charge is 2.29. The monoisotopic (exact) mass is 273 g/mol. The van der Waals surface area contributed by atoms with Crippen molar-refractivity contribution < 1.29 is 22.7 Å². The fourth-order valence-corrected chi connectivity index (χ4v) is 1.76. The van der Waals surface area contributed by atoms with Crippen molar-refractivity contribution in [3.05, 3.63) is 35.4 Å². The lowest BCUT2D eigenvalue weighted by Crippen LogP contribution is -2.04. The number of unbranched alkanes of at least 4 members (excludes halogenated alkanes) is 3. The fourth-order valence-electron chi connectivity index (χ4n) is 1.76. The molecule has 0 saturated heterocycles. The van der Waals surface area contributed by atoms with Gasteiger partial charge in [0.15, 0.2) is 0 Å². The van der Waals surface area contributed by atoms with E-state index in [-0.39, 0.29) is 0 Å². The highest BCUT2D eigenvalue weighted by Crippen LogP contribution is 2.29. The Hall–Kier alpha value is -1.52. The summed E-state index contributed by atoms with van der Waals surface area (Å²) < 4.78 is 41.4. The average Bonchev–Trinajstić information content (AvgIpc) is 2.37. The second-order valence-electron chi connectivity index (χ2n) is 4.29. The lowest BCUT2D eigenvalue weighted by Gasteiger charge is -2.07. The summed E-state index contributed by atoms with van der Waals surface area (Å²) in [5, 5.41) is 0. The lowest BCUT2D eigenvalue weighted by atomic mass is 10.0. The molecule has 0 aliphatic heterocycles. The van der Waals surface area contributed by atoms with E-state index in [9.17, 15) is 18.0 Å². The van der Waals surface area contributed by atoms with Crippen LogP contribution in [0.5, 0.6) is 0 Å². The summed E-state index contributed by atoms with van der Waals surface area (Å²) in [5.74, 6) is 0. The zero-order valence-electron chi connectivity index (χ0n) is 10.5. The molecule has 0 unspecified atom stereocenters. The van der Waals surface area contributed by atoms with E-state index in [0.29, 0.717) is 6.61 Å². The first kappa shape index (κ1) is 15.5. The summed E-state index contributed by atoms with van der Waals surface area (Å²) in [6.07, 6.45) is 0.0941. The van der Waals surface area contributed by atoms with Gasteiger partial charge in [-0.15, -0.1) is 0 Å². The summed E-state index contributed by atoms with van der Waals surface area (Å²) in [4.78, 5) is 9.75. The number of alkyl halides is 3. The maximum Gasteiger partial charge on any atom is 0.417 e. The highest BCUT2D eigenvalue weighted by molar-refractivity contribution is 5.37. The Balaban J connectivity index is 2.21. The highest BCUT2D eigenvalue weighted by atomic mass is 19.4. The quantitative estimate of drug-likeness (QED) is 0.672. The van der Waals surface area contributed by atoms with Crippen molar-refractivity contribution in [2.75, 3.05) is 6.61 Å². The number of hydrogen-bond donors (Lipinski definition) is 0. The van der Waals surface area contributed by atoms with Gasteiger partial charge in [-0.25, -0.2) is 4.79 Å². The first-order valence-electron chi connectivity index (χ1n) is 6.19. The molecule has 105 valence electrons. The Morgan fingerprint density at radius 3 is 2.21 bits per heavy atom. The van der Waals surface area contributed by atoms with Crippen molar-refractivity contribution in [2.45, 2.75) is 38.3 Å². The molecular formula is C14H16F3O2. The topological polar surface area (TPSA) is 26.3 Å². The van der Waals surface area contributed by atoms with Gasteiger partial charge in [-0.1, -0.05) is 25.0 Å². The van der Waals surface area contributed by atoms with Crippen LogP contribution in [0.15, 0.2) is 24.3 Å². The van der Waals surface area contributed by atoms with E-state index in [1.54, 1.807) is 0 Å². The van der Waals surface area contributed by atoms with Gasteiger partial charge in [0.2, 0.25) is 0 Å². The van der Waals surface area contributed by atoms with E-state index < -0.39 is 11.7 Å². The molecule has 1 aromatic rings. The van der Waals surface area contributed by atoms with E-state index in [4.69, 9.17) is 0 Å². The van der Waals surface area contributed by atoms with Gasteiger partial charge < -0.3 is 4.74 Å². The average molecular weight is 273 g/mol. The molecule has 1 radical (unpaired) electrons. The van der Waals surface area contributed by atoms with E-state index in [2.05, 4.69) is 4.74 Å². The van der Waals surface area contributed by atoms with Crippen molar-refractivity contribution in [1.29, 1.82) is 0 Å². The minimum atomic E-state index is -4.27. The third-order valence-corrected chi connectivity index (χ3v) is 2.80. The lowest BCUT2D eigenvalue weighted by molar-refractivity contribution is -0.137. The van der Waals surface area contributed by atoms with E-state index in [0.717, 1.165) is 49.8 Å². The first-order valence-corrected chi connectivity index (χ1v) is 6.19. The van der Waals surface area contributed by atoms with Gasteiger partial charge in [0, 0.05) is 0 Å². The number of rotatable bonds is 8. The molecule has 2 nitrogen and oxygen atoms in total. The smallest absolute Gasteiger partial charge is 0.417 e. The Labute approximate surface area is 110 Å². The van der Waals surface area contributed by atoms with Crippen LogP contribution in [0.3, 0.4) is 0 Å². The fraction of sp³-hybridized carbons (Fsp3) is 0.500. The van der Waals surface area contributed by atoms with Gasteiger partial charge in [-0.2, -0.15) is 13.2 Å². The normalized spacial score (nSPS) is 11.3. The molecule has 0 aromatic heterocycles. The molecule has 0 aliphatic carbocycles. The van der Waals surface area contributed by atoms with Crippen LogP contribution in [-0.2, 0) is 22.1 Å². The molecule has 0 bridgehead atoms. The van der Waals surface area contributed by atoms with Gasteiger partial charge in [0.1, 0.15) is 0 Å². The van der Waals surface area contributed by atoms with E-state index in [1.807, 2.05) is 0 Å². The van der Waals surface area contributed by atoms with Gasteiger partial charge in [-0.05, 0) is 37.0 Å². The number of ether oxygens (including phenoxy) is 1. The van der Waals surface area contributed by atoms with Crippen molar-refractivity contribution in [3.63, 3.8) is 0 Å². The molecule has 0 spiro atoms. The van der Waals surface area contributed by atoms with Crippen molar-refractivity contribution in [3.8, 4) is 0 Å². The Morgan fingerprint density at radius 1 is 1.00 bits per heavy atom. The van der Waals surface area contributed by atoms with Crippen molar-refractivity contribution in [2.24, 2.45) is 0 Å². The van der Waals surface area contributed by atoms with Gasteiger partial charge in [-0.3, -0.25) is 0 Å². The standard InChI is InChI=1S/C14H16F3O2/c15-14(16,17)13-8-6-12(7-9-13)5-3-1-2-4-10-19-11-18/h6-9H,1-5,10H2. The second kappa shape index (κ2) is 7.81. The van der Waals surface area contributed by atoms with Crippen LogP contribution in [0.1, 0.15) is 36.8 Å². The number of carbonyl (C=O) groups excluding carboxylic acids is 1. The molecule has 0 atom stereocenters. The van der Waals surface area contributed by atoms with Gasteiger partial charge in [0.05, 0.1) is 12.2 Å². The zero-order valence-corrected chi connectivity index (χ0v) is 10.5. The SMILES string of the molecule is O=[C]OCCCCCCc1ccc(C(F)(F)F)cc1. The molecule has 0 heterocycles. The zero-order chi connectivity index (χ0) is 14.1. The first-order chi connectivity index (χ1) is 9.04. The third kappa shape index (κ3) is 6.27. The molecule has 1 aromatic carbocycles. The molecule has 0 N–H and O–H groups in total. The number of hydrogen-bond acceptors (Lipinski definition) is 2. The molecule has 5 heteroatoms. The minimum absolute atomic E-state index is 0.379. The predicted octanol–water partition coefficient (Wildman–Crippen LogP) is 3.89. The number of aryl methyl sites for hydroxylation is 1. The molecule has 1 rings (SSSR count).